The molecule has 0 spiro atoms. The molecule has 40 heavy (non-hydrogen) atoms. The number of carbonyl (C=O) groups is 3. The molecule has 0 saturated carbocycles. The molecule has 1 saturated heterocycles. The minimum atomic E-state index is -0.151. The van der Waals surface area contributed by atoms with Crippen LogP contribution in [0.5, 0.6) is 5.75 Å². The highest BCUT2D eigenvalue weighted by Gasteiger charge is 2.30. The molecule has 214 valence electrons. The molecular formula is C30H39N5O4S. The zero-order valence-corrected chi connectivity index (χ0v) is 24.9. The van der Waals surface area contributed by atoms with Crippen molar-refractivity contribution in [1.29, 1.82) is 0 Å². The third-order valence-corrected chi connectivity index (χ3v) is 7.43. The van der Waals surface area contributed by atoms with E-state index in [1.54, 1.807) is 27.3 Å². The minimum Gasteiger partial charge on any atom is -0.491 e. The SMILES string of the molecule is C=CC(=O)N1CCCC(NC=O)C1.CC.Cc1cc(OC(C)C)ccc1N1C(=O)Nc2c(C)sc3nccc1c23. The average Bonchev–Trinajstić information content (AvgIpc) is 3.26. The molecule has 2 aliphatic rings. The van der Waals surface area contributed by atoms with Gasteiger partial charge in [-0.2, -0.15) is 0 Å². The van der Waals surface area contributed by atoms with Crippen molar-refractivity contribution >= 4 is 57.0 Å². The number of piperidine rings is 1. The van der Waals surface area contributed by atoms with Gasteiger partial charge >= 0.3 is 6.03 Å². The Hall–Kier alpha value is -3.92. The first-order chi connectivity index (χ1) is 19.2. The Labute approximate surface area is 240 Å². The van der Waals surface area contributed by atoms with Crippen LogP contribution < -0.4 is 20.3 Å². The Morgan fingerprint density at radius 1 is 1.25 bits per heavy atom. The highest BCUT2D eigenvalue weighted by Crippen LogP contribution is 2.46. The fourth-order valence-corrected chi connectivity index (χ4v) is 5.70. The van der Waals surface area contributed by atoms with Gasteiger partial charge in [0.05, 0.1) is 28.6 Å². The number of nitrogens with one attached hydrogen (secondary N) is 2. The minimum absolute atomic E-state index is 0.0580. The van der Waals surface area contributed by atoms with Gasteiger partial charge in [-0.1, -0.05) is 20.4 Å². The van der Waals surface area contributed by atoms with Crippen molar-refractivity contribution in [2.75, 3.05) is 23.3 Å². The van der Waals surface area contributed by atoms with E-state index in [0.717, 1.165) is 62.9 Å². The van der Waals surface area contributed by atoms with Gasteiger partial charge in [0.25, 0.3) is 0 Å². The number of likely N-dealkylation sites (tertiary alicyclic amines) is 1. The number of hydrogen-bond donors (Lipinski definition) is 2. The lowest BCUT2D eigenvalue weighted by Gasteiger charge is -2.31. The van der Waals surface area contributed by atoms with Crippen molar-refractivity contribution in [3.05, 3.63) is 53.6 Å². The van der Waals surface area contributed by atoms with Gasteiger partial charge in [0.2, 0.25) is 12.3 Å². The van der Waals surface area contributed by atoms with E-state index < -0.39 is 0 Å². The molecule has 1 unspecified atom stereocenters. The normalized spacial score (nSPS) is 15.8. The van der Waals surface area contributed by atoms with Crippen LogP contribution in [0, 0.1) is 13.8 Å². The lowest BCUT2D eigenvalue weighted by atomic mass is 10.1. The van der Waals surface area contributed by atoms with Crippen molar-refractivity contribution in [2.24, 2.45) is 0 Å². The third kappa shape index (κ3) is 6.80. The summed E-state index contributed by atoms with van der Waals surface area (Å²) in [5.41, 5.74) is 3.57. The van der Waals surface area contributed by atoms with E-state index in [-0.39, 0.29) is 24.1 Å². The van der Waals surface area contributed by atoms with Crippen molar-refractivity contribution in [2.45, 2.75) is 66.5 Å². The van der Waals surface area contributed by atoms with Crippen molar-refractivity contribution < 1.29 is 19.1 Å². The first kappa shape index (κ1) is 30.6. The summed E-state index contributed by atoms with van der Waals surface area (Å²) in [5, 5.41) is 6.71. The topological polar surface area (TPSA) is 104 Å². The monoisotopic (exact) mass is 565 g/mol. The summed E-state index contributed by atoms with van der Waals surface area (Å²) in [6.07, 6.45) is 5.74. The van der Waals surface area contributed by atoms with E-state index in [0.29, 0.717) is 13.0 Å². The zero-order chi connectivity index (χ0) is 29.4. The molecule has 10 heteroatoms. The van der Waals surface area contributed by atoms with Gasteiger partial charge in [0.15, 0.2) is 0 Å². The second-order valence-corrected chi connectivity index (χ2v) is 10.7. The van der Waals surface area contributed by atoms with E-state index in [2.05, 4.69) is 22.2 Å². The summed E-state index contributed by atoms with van der Waals surface area (Å²) >= 11 is 1.60. The Balaban J connectivity index is 0.000000249. The van der Waals surface area contributed by atoms with Gasteiger partial charge in [-0.25, -0.2) is 9.78 Å². The highest BCUT2D eigenvalue weighted by atomic mass is 32.1. The van der Waals surface area contributed by atoms with Gasteiger partial charge in [0.1, 0.15) is 10.6 Å². The fourth-order valence-electron chi connectivity index (χ4n) is 4.73. The Morgan fingerprint density at radius 3 is 2.65 bits per heavy atom. The number of aryl methyl sites for hydroxylation is 2. The number of hydrogen-bond acceptors (Lipinski definition) is 6. The number of benzene rings is 1. The van der Waals surface area contributed by atoms with Crippen molar-refractivity contribution in [3.8, 4) is 5.75 Å². The number of carbonyl (C=O) groups excluding carboxylic acids is 3. The number of anilines is 3. The molecule has 5 rings (SSSR count). The molecule has 1 atom stereocenters. The Kier molecular flexibility index (Phi) is 10.7. The van der Waals surface area contributed by atoms with Crippen LogP contribution in [0.1, 0.15) is 51.0 Å². The van der Waals surface area contributed by atoms with Crippen LogP contribution in [-0.4, -0.2) is 53.5 Å². The fraction of sp³-hybridized carbons (Fsp3) is 0.400. The molecule has 2 aromatic heterocycles. The van der Waals surface area contributed by atoms with Gasteiger partial charge in [-0.15, -0.1) is 11.3 Å². The zero-order valence-electron chi connectivity index (χ0n) is 24.1. The molecule has 9 nitrogen and oxygen atoms in total. The number of thiophene rings is 1. The predicted molar refractivity (Wildman–Crippen MR) is 163 cm³/mol. The smallest absolute Gasteiger partial charge is 0.331 e. The largest absolute Gasteiger partial charge is 0.491 e. The van der Waals surface area contributed by atoms with E-state index in [9.17, 15) is 14.4 Å². The van der Waals surface area contributed by atoms with E-state index in [1.807, 2.05) is 65.8 Å². The summed E-state index contributed by atoms with van der Waals surface area (Å²) in [5.74, 6) is 0.748. The summed E-state index contributed by atoms with van der Waals surface area (Å²) in [6.45, 7) is 16.8. The number of nitrogens with zero attached hydrogens (tertiary/aromatic N) is 3. The van der Waals surface area contributed by atoms with Gasteiger partial charge in [0, 0.05) is 30.2 Å². The second-order valence-electron chi connectivity index (χ2n) is 9.54. The van der Waals surface area contributed by atoms with Crippen LogP contribution in [0.2, 0.25) is 0 Å². The number of urea groups is 1. The van der Waals surface area contributed by atoms with Gasteiger partial charge in [-0.05, 0) is 76.4 Å². The molecule has 1 aromatic carbocycles. The van der Waals surface area contributed by atoms with Crippen LogP contribution in [0.3, 0.4) is 0 Å². The molecular weight excluding hydrogens is 526 g/mol. The number of amides is 4. The van der Waals surface area contributed by atoms with E-state index in [1.165, 1.54) is 6.08 Å². The maximum atomic E-state index is 12.8. The Morgan fingerprint density at radius 2 is 2.00 bits per heavy atom. The lowest BCUT2D eigenvalue weighted by Crippen LogP contribution is -2.47. The number of pyridine rings is 1. The van der Waals surface area contributed by atoms with Crippen LogP contribution in [-0.2, 0) is 9.59 Å². The maximum absolute atomic E-state index is 12.8. The summed E-state index contributed by atoms with van der Waals surface area (Å²) in [6, 6.07) is 7.66. The summed E-state index contributed by atoms with van der Waals surface area (Å²) in [7, 11) is 0. The first-order valence-electron chi connectivity index (χ1n) is 13.6. The Bertz CT molecular complexity index is 1370. The van der Waals surface area contributed by atoms with Crippen LogP contribution in [0.4, 0.5) is 21.9 Å². The highest BCUT2D eigenvalue weighted by molar-refractivity contribution is 7.19. The molecule has 3 aromatic rings. The summed E-state index contributed by atoms with van der Waals surface area (Å²) < 4.78 is 5.75. The van der Waals surface area contributed by atoms with Crippen molar-refractivity contribution in [3.63, 3.8) is 0 Å². The van der Waals surface area contributed by atoms with E-state index >= 15 is 0 Å². The maximum Gasteiger partial charge on any atom is 0.331 e. The third-order valence-electron chi connectivity index (χ3n) is 6.41. The van der Waals surface area contributed by atoms with Crippen LogP contribution >= 0.6 is 11.3 Å². The molecule has 4 heterocycles. The second kappa shape index (κ2) is 13.9. The van der Waals surface area contributed by atoms with Crippen LogP contribution in [0.25, 0.3) is 10.2 Å². The summed E-state index contributed by atoms with van der Waals surface area (Å²) in [4.78, 5) is 44.1. The predicted octanol–water partition coefficient (Wildman–Crippen LogP) is 6.32. The molecule has 0 radical (unpaired) electrons. The molecule has 0 bridgehead atoms. The molecule has 2 aliphatic heterocycles. The van der Waals surface area contributed by atoms with Gasteiger partial charge < -0.3 is 20.3 Å². The average molecular weight is 566 g/mol. The number of rotatable bonds is 6. The molecule has 1 fully saturated rings. The van der Waals surface area contributed by atoms with E-state index in [4.69, 9.17) is 4.74 Å². The number of aromatic nitrogens is 1. The number of ether oxygens (including phenoxy) is 1. The molecule has 4 amide bonds. The first-order valence-corrected chi connectivity index (χ1v) is 14.4. The standard InChI is InChI=1S/C19H19N3O2S.C9H14N2O2.C2H6/c1-10(2)24-13-5-6-14(11(3)9-13)22-15-7-8-20-18-16(15)17(12(4)25-18)21-19(22)23;1-2-9(13)11-5-3-4-8(6-11)10-7-12;1-2/h5-10H,1-4H3,(H,21,23);2,7-8H,1,3-6H2,(H,10,12);1-2H3. The van der Waals surface area contributed by atoms with Gasteiger partial charge in [-0.3, -0.25) is 14.5 Å². The molecule has 0 aliphatic carbocycles. The molecule has 2 N–H and O–H groups in total. The van der Waals surface area contributed by atoms with Crippen molar-refractivity contribution in [1.82, 2.24) is 15.2 Å². The quantitative estimate of drug-likeness (QED) is 0.269. The van der Waals surface area contributed by atoms with Crippen LogP contribution in [0.15, 0.2) is 43.1 Å². The lowest BCUT2D eigenvalue weighted by molar-refractivity contribution is -0.127.